The first-order valence-electron chi connectivity index (χ1n) is 7.75. The van der Waals surface area contributed by atoms with Crippen LogP contribution in [0.5, 0.6) is 5.75 Å². The average Bonchev–Trinajstić information content (AvgIpc) is 2.37. The van der Waals surface area contributed by atoms with Crippen LogP contribution >= 0.6 is 0 Å². The first-order valence-corrected chi connectivity index (χ1v) is 7.75. The number of benzene rings is 1. The Bertz CT molecular complexity index is 469. The van der Waals surface area contributed by atoms with Crippen molar-refractivity contribution in [2.75, 3.05) is 7.11 Å². The zero-order chi connectivity index (χ0) is 14.9. The fourth-order valence-corrected chi connectivity index (χ4v) is 3.55. The van der Waals surface area contributed by atoms with Gasteiger partial charge in [-0.3, -0.25) is 0 Å². The zero-order valence-electron chi connectivity index (χ0n) is 13.6. The number of nitrogens with two attached hydrogens (primary N) is 1. The number of rotatable bonds is 3. The molecule has 1 unspecified atom stereocenters. The van der Waals surface area contributed by atoms with Gasteiger partial charge in [0, 0.05) is 11.6 Å². The second-order valence-corrected chi connectivity index (χ2v) is 7.23. The summed E-state index contributed by atoms with van der Waals surface area (Å²) in [5.74, 6) is 1.54. The van der Waals surface area contributed by atoms with Crippen LogP contribution in [-0.2, 0) is 0 Å². The van der Waals surface area contributed by atoms with Gasteiger partial charge < -0.3 is 10.5 Å². The lowest BCUT2D eigenvalue weighted by Gasteiger charge is -2.37. The number of ether oxygens (including phenoxy) is 1. The largest absolute Gasteiger partial charge is 0.496 e. The predicted molar refractivity (Wildman–Crippen MR) is 85.1 cm³/mol. The van der Waals surface area contributed by atoms with E-state index in [-0.39, 0.29) is 6.04 Å². The van der Waals surface area contributed by atoms with Crippen molar-refractivity contribution in [2.24, 2.45) is 17.1 Å². The van der Waals surface area contributed by atoms with E-state index in [1.54, 1.807) is 7.11 Å². The van der Waals surface area contributed by atoms with Gasteiger partial charge in [0.15, 0.2) is 0 Å². The van der Waals surface area contributed by atoms with Crippen LogP contribution < -0.4 is 10.5 Å². The predicted octanol–water partition coefficient (Wildman–Crippen LogP) is 4.53. The van der Waals surface area contributed by atoms with E-state index in [1.807, 2.05) is 0 Å². The Balaban J connectivity index is 2.23. The van der Waals surface area contributed by atoms with Gasteiger partial charge in [-0.05, 0) is 68.1 Å². The molecule has 1 aromatic carbocycles. The number of hydrogen-bond acceptors (Lipinski definition) is 2. The molecule has 0 radical (unpaired) electrons. The molecule has 2 nitrogen and oxygen atoms in total. The lowest BCUT2D eigenvalue weighted by atomic mass is 9.70. The topological polar surface area (TPSA) is 35.2 Å². The first kappa shape index (κ1) is 15.4. The highest BCUT2D eigenvalue weighted by Crippen LogP contribution is 2.44. The number of methoxy groups -OCH3 is 1. The molecule has 0 saturated heterocycles. The number of aryl methyl sites for hydroxylation is 2. The van der Waals surface area contributed by atoms with Crippen LogP contribution in [0.4, 0.5) is 0 Å². The molecule has 2 rings (SSSR count). The Hall–Kier alpha value is -1.02. The van der Waals surface area contributed by atoms with Crippen molar-refractivity contribution in [1.29, 1.82) is 0 Å². The molecular weight excluding hydrogens is 246 g/mol. The molecule has 1 atom stereocenters. The Labute approximate surface area is 123 Å². The van der Waals surface area contributed by atoms with Crippen molar-refractivity contribution in [2.45, 2.75) is 59.4 Å². The molecule has 1 fully saturated rings. The smallest absolute Gasteiger partial charge is 0.124 e. The highest BCUT2D eigenvalue weighted by molar-refractivity contribution is 5.45. The maximum atomic E-state index is 6.61. The summed E-state index contributed by atoms with van der Waals surface area (Å²) in [5, 5.41) is 0. The summed E-state index contributed by atoms with van der Waals surface area (Å²) in [6.07, 6.45) is 5.01. The van der Waals surface area contributed by atoms with Gasteiger partial charge in [-0.15, -0.1) is 0 Å². The van der Waals surface area contributed by atoms with E-state index in [9.17, 15) is 0 Å². The van der Waals surface area contributed by atoms with Crippen molar-refractivity contribution < 1.29 is 4.74 Å². The van der Waals surface area contributed by atoms with E-state index >= 15 is 0 Å². The van der Waals surface area contributed by atoms with Gasteiger partial charge in [-0.1, -0.05) is 19.9 Å². The summed E-state index contributed by atoms with van der Waals surface area (Å²) >= 11 is 0. The third kappa shape index (κ3) is 3.17. The Morgan fingerprint density at radius 3 is 2.35 bits per heavy atom. The van der Waals surface area contributed by atoms with Crippen molar-refractivity contribution >= 4 is 0 Å². The molecule has 0 spiro atoms. The molecule has 0 aliphatic heterocycles. The van der Waals surface area contributed by atoms with Gasteiger partial charge in [0.25, 0.3) is 0 Å². The van der Waals surface area contributed by atoms with Gasteiger partial charge in [0.2, 0.25) is 0 Å². The number of hydrogen-bond donors (Lipinski definition) is 1. The third-order valence-corrected chi connectivity index (χ3v) is 4.94. The summed E-state index contributed by atoms with van der Waals surface area (Å²) in [4.78, 5) is 0. The average molecular weight is 275 g/mol. The molecule has 1 saturated carbocycles. The van der Waals surface area contributed by atoms with Crippen molar-refractivity contribution in [1.82, 2.24) is 0 Å². The summed E-state index contributed by atoms with van der Waals surface area (Å²) in [6, 6.07) is 4.42. The summed E-state index contributed by atoms with van der Waals surface area (Å²) in [5.41, 5.74) is 10.8. The molecule has 0 aromatic heterocycles. The monoisotopic (exact) mass is 275 g/mol. The van der Waals surface area contributed by atoms with Crippen LogP contribution in [0, 0.1) is 25.2 Å². The van der Waals surface area contributed by atoms with Gasteiger partial charge in [-0.25, -0.2) is 0 Å². The van der Waals surface area contributed by atoms with Crippen LogP contribution in [0.1, 0.15) is 62.3 Å². The summed E-state index contributed by atoms with van der Waals surface area (Å²) in [6.45, 7) is 8.99. The van der Waals surface area contributed by atoms with Crippen LogP contribution in [0.3, 0.4) is 0 Å². The molecule has 112 valence electrons. The normalized spacial score (nSPS) is 20.7. The molecule has 20 heavy (non-hydrogen) atoms. The third-order valence-electron chi connectivity index (χ3n) is 4.94. The van der Waals surface area contributed by atoms with Crippen molar-refractivity contribution in [3.05, 3.63) is 28.8 Å². The van der Waals surface area contributed by atoms with Crippen molar-refractivity contribution in [3.63, 3.8) is 0 Å². The summed E-state index contributed by atoms with van der Waals surface area (Å²) < 4.78 is 5.58. The Morgan fingerprint density at radius 2 is 1.80 bits per heavy atom. The van der Waals surface area contributed by atoms with E-state index in [2.05, 4.69) is 39.8 Å². The highest BCUT2D eigenvalue weighted by Gasteiger charge is 2.32. The van der Waals surface area contributed by atoms with Crippen LogP contribution in [0.2, 0.25) is 0 Å². The molecule has 1 aromatic rings. The zero-order valence-corrected chi connectivity index (χ0v) is 13.6. The van der Waals surface area contributed by atoms with Crippen molar-refractivity contribution in [3.8, 4) is 5.75 Å². The Kier molecular flexibility index (Phi) is 4.43. The molecule has 0 amide bonds. The second kappa shape index (κ2) is 5.77. The molecule has 1 aliphatic rings. The van der Waals surface area contributed by atoms with Gasteiger partial charge in [0.1, 0.15) is 5.75 Å². The van der Waals surface area contributed by atoms with Crippen LogP contribution in [-0.4, -0.2) is 7.11 Å². The second-order valence-electron chi connectivity index (χ2n) is 7.23. The highest BCUT2D eigenvalue weighted by atomic mass is 16.5. The maximum Gasteiger partial charge on any atom is 0.124 e. The van der Waals surface area contributed by atoms with E-state index in [0.29, 0.717) is 11.3 Å². The fourth-order valence-electron chi connectivity index (χ4n) is 3.55. The standard InChI is InChI=1S/C18H29NO/c1-12-10-13(2)16(15(11-12)20-5)17(19)14-6-8-18(3,4)9-7-14/h10-11,14,17H,6-9,19H2,1-5H3. The molecule has 1 aliphatic carbocycles. The minimum Gasteiger partial charge on any atom is -0.496 e. The molecule has 2 heteroatoms. The van der Waals surface area contributed by atoms with E-state index in [0.717, 1.165) is 5.75 Å². The minimum absolute atomic E-state index is 0.0987. The van der Waals surface area contributed by atoms with E-state index in [4.69, 9.17) is 10.5 Å². The van der Waals surface area contributed by atoms with Gasteiger partial charge in [0.05, 0.1) is 7.11 Å². The first-order chi connectivity index (χ1) is 9.34. The van der Waals surface area contributed by atoms with E-state index < -0.39 is 0 Å². The van der Waals surface area contributed by atoms with Crippen LogP contribution in [0.15, 0.2) is 12.1 Å². The van der Waals surface area contributed by atoms with Gasteiger partial charge >= 0.3 is 0 Å². The lowest BCUT2D eigenvalue weighted by Crippen LogP contribution is -2.29. The molecule has 0 bridgehead atoms. The summed E-state index contributed by atoms with van der Waals surface area (Å²) in [7, 11) is 1.74. The van der Waals surface area contributed by atoms with E-state index in [1.165, 1.54) is 42.4 Å². The lowest BCUT2D eigenvalue weighted by molar-refractivity contribution is 0.172. The molecular formula is C18H29NO. The Morgan fingerprint density at radius 1 is 1.20 bits per heavy atom. The maximum absolute atomic E-state index is 6.61. The minimum atomic E-state index is 0.0987. The SMILES string of the molecule is COc1cc(C)cc(C)c1C(N)C1CCC(C)(C)CC1. The van der Waals surface area contributed by atoms with Crippen LogP contribution in [0.25, 0.3) is 0 Å². The van der Waals surface area contributed by atoms with Gasteiger partial charge in [-0.2, -0.15) is 0 Å². The molecule has 0 heterocycles. The fraction of sp³-hybridized carbons (Fsp3) is 0.667. The molecule has 2 N–H and O–H groups in total. The quantitative estimate of drug-likeness (QED) is 0.879.